The molecule has 3 N–H and O–H groups in total. The largest absolute Gasteiger partial charge is 0.478 e. The minimum atomic E-state index is -4.38. The molecule has 1 unspecified atom stereocenters. The molecule has 1 aromatic heterocycles. The molecule has 0 saturated carbocycles. The van der Waals surface area contributed by atoms with Crippen LogP contribution in [0.3, 0.4) is 0 Å². The number of aromatic nitrogens is 1. The molecule has 0 aliphatic carbocycles. The third-order valence-corrected chi connectivity index (χ3v) is 2.16. The second-order valence-electron chi connectivity index (χ2n) is 4.09. The van der Waals surface area contributed by atoms with Gasteiger partial charge in [0.15, 0.2) is 0 Å². The van der Waals surface area contributed by atoms with Gasteiger partial charge in [-0.3, -0.25) is 4.98 Å². The van der Waals surface area contributed by atoms with Gasteiger partial charge in [-0.15, -0.1) is 0 Å². The lowest BCUT2D eigenvalue weighted by molar-refractivity contribution is -0.138. The molecule has 6 nitrogen and oxygen atoms in total. The highest BCUT2D eigenvalue weighted by molar-refractivity contribution is 5.92. The number of hydrogen-bond donors (Lipinski definition) is 3. The zero-order chi connectivity index (χ0) is 15.3. The van der Waals surface area contributed by atoms with E-state index in [0.29, 0.717) is 0 Å². The Kier molecular flexibility index (Phi) is 4.89. The van der Waals surface area contributed by atoms with Crippen LogP contribution >= 0.6 is 0 Å². The van der Waals surface area contributed by atoms with Gasteiger partial charge in [-0.05, 0) is 13.0 Å². The van der Waals surface area contributed by atoms with Crippen molar-refractivity contribution in [3.05, 3.63) is 24.0 Å². The van der Waals surface area contributed by atoms with E-state index in [1.54, 1.807) is 0 Å². The normalized spacial score (nSPS) is 12.6. The molecule has 1 rings (SSSR count). The minimum absolute atomic E-state index is 0.0709. The average Bonchev–Trinajstić information content (AvgIpc) is 2.25. The van der Waals surface area contributed by atoms with Crippen molar-refractivity contribution < 1.29 is 27.9 Å². The molecule has 0 bridgehead atoms. The highest BCUT2D eigenvalue weighted by atomic mass is 19.4. The third kappa shape index (κ3) is 5.55. The van der Waals surface area contributed by atoms with Crippen molar-refractivity contribution in [3.63, 3.8) is 0 Å². The lowest BCUT2D eigenvalue weighted by atomic mass is 10.2. The Morgan fingerprint density at radius 1 is 1.40 bits per heavy atom. The van der Waals surface area contributed by atoms with E-state index >= 15 is 0 Å². The zero-order valence-electron chi connectivity index (χ0n) is 10.4. The Balaban J connectivity index is 2.58. The van der Waals surface area contributed by atoms with Crippen molar-refractivity contribution >= 4 is 17.7 Å². The molecule has 110 valence electrons. The Labute approximate surface area is 112 Å². The van der Waals surface area contributed by atoms with E-state index in [9.17, 15) is 22.8 Å². The number of nitrogens with one attached hydrogen (secondary N) is 2. The van der Waals surface area contributed by atoms with Crippen molar-refractivity contribution in [2.24, 2.45) is 0 Å². The van der Waals surface area contributed by atoms with Gasteiger partial charge in [-0.1, -0.05) is 0 Å². The molecule has 1 atom stereocenters. The van der Waals surface area contributed by atoms with Gasteiger partial charge in [-0.25, -0.2) is 9.59 Å². The van der Waals surface area contributed by atoms with Crippen molar-refractivity contribution in [2.45, 2.75) is 25.6 Å². The number of anilines is 1. The van der Waals surface area contributed by atoms with E-state index in [4.69, 9.17) is 5.11 Å². The first-order valence-electron chi connectivity index (χ1n) is 5.50. The maximum atomic E-state index is 12.1. The standard InChI is InChI=1S/C11H12F3N3O3/c1-6(3-11(12,13)14)16-10(20)17-8-2-7(9(18)19)4-15-5-8/h2,4-6H,3H2,1H3,(H,18,19)(H2,16,17,20). The Morgan fingerprint density at radius 3 is 2.60 bits per heavy atom. The molecule has 0 aliphatic rings. The number of rotatable bonds is 4. The highest BCUT2D eigenvalue weighted by Crippen LogP contribution is 2.21. The molecule has 0 radical (unpaired) electrons. The number of carboxylic acid groups (broad SMARTS) is 1. The molecule has 9 heteroatoms. The van der Waals surface area contributed by atoms with Crippen LogP contribution in [-0.2, 0) is 0 Å². The fourth-order valence-electron chi connectivity index (χ4n) is 1.41. The summed E-state index contributed by atoms with van der Waals surface area (Å²) < 4.78 is 36.2. The first kappa shape index (κ1) is 15.7. The van der Waals surface area contributed by atoms with Gasteiger partial charge in [-0.2, -0.15) is 13.2 Å². The average molecular weight is 291 g/mol. The summed E-state index contributed by atoms with van der Waals surface area (Å²) in [6, 6.07) is -0.833. The molecule has 0 aromatic carbocycles. The maximum absolute atomic E-state index is 12.1. The van der Waals surface area contributed by atoms with E-state index in [1.807, 2.05) is 0 Å². The molecule has 0 fully saturated rings. The number of nitrogens with zero attached hydrogens (tertiary/aromatic N) is 1. The quantitative estimate of drug-likeness (QED) is 0.793. The molecule has 2 amide bonds. The Bertz CT molecular complexity index is 505. The van der Waals surface area contributed by atoms with Crippen molar-refractivity contribution in [1.29, 1.82) is 0 Å². The van der Waals surface area contributed by atoms with Crippen LogP contribution in [0.2, 0.25) is 0 Å². The van der Waals surface area contributed by atoms with Crippen LogP contribution < -0.4 is 10.6 Å². The molecule has 0 saturated heterocycles. The van der Waals surface area contributed by atoms with E-state index in [1.165, 1.54) is 13.1 Å². The van der Waals surface area contributed by atoms with Crippen molar-refractivity contribution in [2.75, 3.05) is 5.32 Å². The molecule has 0 aliphatic heterocycles. The van der Waals surface area contributed by atoms with E-state index in [2.05, 4.69) is 15.6 Å². The van der Waals surface area contributed by atoms with E-state index < -0.39 is 30.6 Å². The van der Waals surface area contributed by atoms with Gasteiger partial charge in [0.05, 0.1) is 23.9 Å². The summed E-state index contributed by atoms with van der Waals surface area (Å²) in [5.41, 5.74) is -0.0762. The summed E-state index contributed by atoms with van der Waals surface area (Å²) in [4.78, 5) is 25.7. The summed E-state index contributed by atoms with van der Waals surface area (Å²) in [6.07, 6.45) is -3.27. The van der Waals surface area contributed by atoms with Gasteiger partial charge in [0, 0.05) is 12.2 Å². The van der Waals surface area contributed by atoms with Crippen molar-refractivity contribution in [1.82, 2.24) is 10.3 Å². The molecule has 0 spiro atoms. The maximum Gasteiger partial charge on any atom is 0.391 e. The van der Waals surface area contributed by atoms with Crippen LogP contribution in [0.1, 0.15) is 23.7 Å². The topological polar surface area (TPSA) is 91.3 Å². The summed E-state index contributed by atoms with van der Waals surface area (Å²) >= 11 is 0. The van der Waals surface area contributed by atoms with Crippen LogP contribution in [-0.4, -0.2) is 34.3 Å². The number of carboxylic acids is 1. The summed E-state index contributed by atoms with van der Waals surface area (Å²) in [7, 11) is 0. The van der Waals surface area contributed by atoms with Crippen LogP contribution in [0, 0.1) is 0 Å². The van der Waals surface area contributed by atoms with Gasteiger partial charge < -0.3 is 15.7 Å². The number of carbonyl (C=O) groups is 2. The SMILES string of the molecule is CC(CC(F)(F)F)NC(=O)Nc1cncc(C(=O)O)c1. The number of urea groups is 1. The minimum Gasteiger partial charge on any atom is -0.478 e. The first-order valence-corrected chi connectivity index (χ1v) is 5.50. The highest BCUT2D eigenvalue weighted by Gasteiger charge is 2.30. The molecular weight excluding hydrogens is 279 g/mol. The number of aromatic carboxylic acids is 1. The lowest BCUT2D eigenvalue weighted by Crippen LogP contribution is -2.38. The second kappa shape index (κ2) is 6.22. The Hall–Kier alpha value is -2.32. The van der Waals surface area contributed by atoms with Crippen LogP contribution in [0.5, 0.6) is 0 Å². The van der Waals surface area contributed by atoms with Crippen LogP contribution in [0.25, 0.3) is 0 Å². The number of carbonyl (C=O) groups excluding carboxylic acids is 1. The van der Waals surface area contributed by atoms with Gasteiger partial charge in [0.1, 0.15) is 0 Å². The predicted molar refractivity (Wildman–Crippen MR) is 63.5 cm³/mol. The van der Waals surface area contributed by atoms with Crippen molar-refractivity contribution in [3.8, 4) is 0 Å². The number of halogens is 3. The van der Waals surface area contributed by atoms with E-state index in [0.717, 1.165) is 12.3 Å². The molecule has 1 heterocycles. The number of pyridine rings is 1. The van der Waals surface area contributed by atoms with Crippen LogP contribution in [0.4, 0.5) is 23.7 Å². The number of hydrogen-bond acceptors (Lipinski definition) is 3. The fraction of sp³-hybridized carbons (Fsp3) is 0.364. The summed E-state index contributed by atoms with van der Waals surface area (Å²) in [6.45, 7) is 1.21. The number of alkyl halides is 3. The zero-order valence-corrected chi connectivity index (χ0v) is 10.4. The Morgan fingerprint density at radius 2 is 2.05 bits per heavy atom. The summed E-state index contributed by atoms with van der Waals surface area (Å²) in [5.74, 6) is -1.23. The molecule has 1 aromatic rings. The summed E-state index contributed by atoms with van der Waals surface area (Å²) in [5, 5.41) is 13.0. The molecule has 20 heavy (non-hydrogen) atoms. The second-order valence-corrected chi connectivity index (χ2v) is 4.09. The van der Waals surface area contributed by atoms with E-state index in [-0.39, 0.29) is 11.3 Å². The monoisotopic (exact) mass is 291 g/mol. The van der Waals surface area contributed by atoms with Crippen LogP contribution in [0.15, 0.2) is 18.5 Å². The molecular formula is C11H12F3N3O3. The smallest absolute Gasteiger partial charge is 0.391 e. The van der Waals surface area contributed by atoms with Gasteiger partial charge in [0.25, 0.3) is 0 Å². The third-order valence-electron chi connectivity index (χ3n) is 2.16. The first-order chi connectivity index (χ1) is 9.17. The lowest BCUT2D eigenvalue weighted by Gasteiger charge is -2.16. The number of amides is 2. The fourth-order valence-corrected chi connectivity index (χ4v) is 1.41. The predicted octanol–water partition coefficient (Wildman–Crippen LogP) is 2.24. The van der Waals surface area contributed by atoms with Gasteiger partial charge >= 0.3 is 18.2 Å². The van der Waals surface area contributed by atoms with Gasteiger partial charge in [0.2, 0.25) is 0 Å².